The average Bonchev–Trinajstić information content (AvgIpc) is 2.97. The third-order valence-electron chi connectivity index (χ3n) is 7.31. The van der Waals surface area contributed by atoms with Crippen LogP contribution in [0.3, 0.4) is 0 Å². The number of nitrogens with zero attached hydrogens (tertiary/aromatic N) is 3. The maximum atomic E-state index is 13.6. The highest BCUT2D eigenvalue weighted by Gasteiger charge is 2.33. The van der Waals surface area contributed by atoms with Crippen molar-refractivity contribution in [3.8, 4) is 0 Å². The zero-order valence-electron chi connectivity index (χ0n) is 24.0. The lowest BCUT2D eigenvalue weighted by Gasteiger charge is -2.30. The van der Waals surface area contributed by atoms with E-state index in [4.69, 9.17) is 10.5 Å². The van der Waals surface area contributed by atoms with Crippen molar-refractivity contribution >= 4 is 28.4 Å². The van der Waals surface area contributed by atoms with Crippen LogP contribution < -0.4 is 11.1 Å². The van der Waals surface area contributed by atoms with Gasteiger partial charge in [-0.3, -0.25) is 4.79 Å². The van der Waals surface area contributed by atoms with Crippen LogP contribution >= 0.6 is 0 Å². The first kappa shape index (κ1) is 32.8. The van der Waals surface area contributed by atoms with E-state index in [-0.39, 0.29) is 11.9 Å². The molecule has 1 fully saturated rings. The molecule has 7 nitrogen and oxygen atoms in total. The van der Waals surface area contributed by atoms with Gasteiger partial charge in [0.15, 0.2) is 0 Å². The number of hydrogen-bond donors (Lipinski definition) is 2. The first-order valence-corrected chi connectivity index (χ1v) is 14.1. The van der Waals surface area contributed by atoms with E-state index in [9.17, 15) is 31.1 Å². The fourth-order valence-corrected chi connectivity index (χ4v) is 4.98. The monoisotopic (exact) mass is 621 g/mol. The normalized spacial score (nSPS) is 15.7. The zero-order chi connectivity index (χ0) is 31.9. The Hall–Kier alpha value is -4.13. The maximum absolute atomic E-state index is 13.6. The lowest BCUT2D eigenvalue weighted by Crippen LogP contribution is -2.38. The number of alkyl halides is 6. The number of anilines is 2. The second kappa shape index (κ2) is 14.1. The van der Waals surface area contributed by atoms with E-state index in [1.54, 1.807) is 19.1 Å². The molecule has 0 radical (unpaired) electrons. The highest BCUT2D eigenvalue weighted by Crippen LogP contribution is 2.33. The molecule has 236 valence electrons. The molecule has 0 aliphatic carbocycles. The van der Waals surface area contributed by atoms with Gasteiger partial charge in [0, 0.05) is 36.0 Å². The van der Waals surface area contributed by atoms with Gasteiger partial charge in [0.1, 0.15) is 11.6 Å². The first-order chi connectivity index (χ1) is 20.9. The summed E-state index contributed by atoms with van der Waals surface area (Å²) in [5, 5.41) is 3.54. The molecule has 4 rings (SSSR count). The number of nitrogens with two attached hydrogens (primary N) is 1. The molecule has 1 aliphatic heterocycles. The number of esters is 1. The van der Waals surface area contributed by atoms with Crippen LogP contribution in [0.2, 0.25) is 0 Å². The van der Waals surface area contributed by atoms with Crippen LogP contribution in [0.5, 0.6) is 0 Å². The number of nitrogens with one attached hydrogen (secondary N) is 1. The number of hydrogen-bond acceptors (Lipinski definition) is 7. The van der Waals surface area contributed by atoms with E-state index in [0.717, 1.165) is 30.5 Å². The molecule has 1 saturated heterocycles. The molecular weight excluding hydrogens is 588 g/mol. The number of likely N-dealkylation sites (tertiary alicyclic amines) is 1. The van der Waals surface area contributed by atoms with Crippen molar-refractivity contribution in [1.29, 1.82) is 0 Å². The van der Waals surface area contributed by atoms with Crippen molar-refractivity contribution < 1.29 is 35.9 Å². The van der Waals surface area contributed by atoms with Gasteiger partial charge in [0.25, 0.3) is 0 Å². The van der Waals surface area contributed by atoms with E-state index in [1.807, 2.05) is 0 Å². The molecule has 2 heterocycles. The number of halogens is 6. The molecule has 13 heteroatoms. The minimum absolute atomic E-state index is 0.142. The third kappa shape index (κ3) is 8.71. The van der Waals surface area contributed by atoms with Crippen LogP contribution in [-0.4, -0.2) is 53.3 Å². The number of piperidine rings is 1. The van der Waals surface area contributed by atoms with Gasteiger partial charge in [-0.15, -0.1) is 0 Å². The molecule has 0 amide bonds. The van der Waals surface area contributed by atoms with Gasteiger partial charge in [0.05, 0.1) is 23.6 Å². The Balaban J connectivity index is 1.60. The number of ether oxygens (including phenoxy) is 1. The summed E-state index contributed by atoms with van der Waals surface area (Å²) >= 11 is 0. The van der Waals surface area contributed by atoms with Crippen LogP contribution in [0, 0.1) is 5.92 Å². The largest absolute Gasteiger partial charge is 0.466 e. The summed E-state index contributed by atoms with van der Waals surface area (Å²) in [6.07, 6.45) is -4.69. The van der Waals surface area contributed by atoms with Gasteiger partial charge < -0.3 is 20.7 Å². The third-order valence-corrected chi connectivity index (χ3v) is 7.31. The van der Waals surface area contributed by atoms with Crippen molar-refractivity contribution in [1.82, 2.24) is 14.9 Å². The zero-order valence-corrected chi connectivity index (χ0v) is 24.0. The van der Waals surface area contributed by atoms with Crippen molar-refractivity contribution in [2.45, 2.75) is 45.0 Å². The number of carbonyl (C=O) groups excluding carboxylic acids is 1. The minimum atomic E-state index is -4.57. The fourth-order valence-electron chi connectivity index (χ4n) is 4.98. The van der Waals surface area contributed by atoms with Gasteiger partial charge >= 0.3 is 18.3 Å². The van der Waals surface area contributed by atoms with Crippen LogP contribution in [0.15, 0.2) is 66.4 Å². The molecule has 0 unspecified atom stereocenters. The molecule has 1 aliphatic rings. The Morgan fingerprint density at radius 3 is 2.39 bits per heavy atom. The standard InChI is InChI=1S/C31H33F6N5O2/c1-2-44-29(43)21-11-15-42(16-12-21)17-13-27-40-26-19-20(18-23(4-3-14-38)31(35,36)37)5-10-25(26)28(41-27)39-24-8-6-22(7-9-24)30(32,33)34/h3-10,14,19,21H,2,11-13,15-18,38H2,1H3,(H,39,40,41)/b14-3-,23-4+. The second-order valence-corrected chi connectivity index (χ2v) is 10.4. The Bertz CT molecular complexity index is 1490. The summed E-state index contributed by atoms with van der Waals surface area (Å²) in [5.41, 5.74) is 4.74. The number of allylic oxidation sites excluding steroid dienone is 3. The quantitative estimate of drug-likeness (QED) is 0.148. The van der Waals surface area contributed by atoms with E-state index in [1.165, 1.54) is 18.2 Å². The number of fused-ring (bicyclic) bond motifs is 1. The summed E-state index contributed by atoms with van der Waals surface area (Å²) in [4.78, 5) is 23.5. The molecule has 0 spiro atoms. The summed E-state index contributed by atoms with van der Waals surface area (Å²) < 4.78 is 85.2. The lowest BCUT2D eigenvalue weighted by atomic mass is 9.97. The Morgan fingerprint density at radius 2 is 1.77 bits per heavy atom. The molecule has 0 saturated carbocycles. The molecule has 3 aromatic rings. The van der Waals surface area contributed by atoms with Crippen LogP contribution in [0.25, 0.3) is 10.9 Å². The highest BCUT2D eigenvalue weighted by molar-refractivity contribution is 5.91. The molecule has 0 bridgehead atoms. The van der Waals surface area contributed by atoms with E-state index in [2.05, 4.69) is 20.2 Å². The molecule has 0 atom stereocenters. The fraction of sp³-hybridized carbons (Fsp3) is 0.387. The number of rotatable bonds is 10. The molecular formula is C31H33F6N5O2. The molecule has 2 aromatic carbocycles. The summed E-state index contributed by atoms with van der Waals surface area (Å²) in [7, 11) is 0. The highest BCUT2D eigenvalue weighted by atomic mass is 19.4. The summed E-state index contributed by atoms with van der Waals surface area (Å²) in [6, 6.07) is 9.14. The first-order valence-electron chi connectivity index (χ1n) is 14.1. The topological polar surface area (TPSA) is 93.4 Å². The van der Waals surface area contributed by atoms with Crippen molar-refractivity contribution in [2.75, 3.05) is 31.6 Å². The number of benzene rings is 2. The van der Waals surface area contributed by atoms with Crippen LogP contribution in [0.4, 0.5) is 37.8 Å². The molecule has 1 aromatic heterocycles. The van der Waals surface area contributed by atoms with Gasteiger partial charge in [-0.2, -0.15) is 26.3 Å². The second-order valence-electron chi connectivity index (χ2n) is 10.4. The predicted molar refractivity (Wildman–Crippen MR) is 155 cm³/mol. The lowest BCUT2D eigenvalue weighted by molar-refractivity contribution is -0.149. The number of aromatic nitrogens is 2. The Kier molecular flexibility index (Phi) is 10.5. The summed E-state index contributed by atoms with van der Waals surface area (Å²) in [5.74, 6) is 0.392. The van der Waals surface area contributed by atoms with Crippen molar-refractivity contribution in [2.24, 2.45) is 11.7 Å². The smallest absolute Gasteiger partial charge is 0.416 e. The Morgan fingerprint density at radius 1 is 1.07 bits per heavy atom. The van der Waals surface area contributed by atoms with Gasteiger partial charge in [-0.05, 0) is 87.1 Å². The van der Waals surface area contributed by atoms with Crippen LogP contribution in [-0.2, 0) is 28.5 Å². The van der Waals surface area contributed by atoms with Crippen LogP contribution in [0.1, 0.15) is 36.7 Å². The SMILES string of the molecule is CCOC(=O)C1CCN(CCc2nc(Nc3ccc(C(F)(F)F)cc3)c3ccc(C/C(=C\C=C/N)C(F)(F)F)cc3n2)CC1. The van der Waals surface area contributed by atoms with Gasteiger partial charge in [-0.1, -0.05) is 12.1 Å². The maximum Gasteiger partial charge on any atom is 0.416 e. The van der Waals surface area contributed by atoms with E-state index in [0.29, 0.717) is 79.3 Å². The molecule has 3 N–H and O–H groups in total. The summed E-state index contributed by atoms with van der Waals surface area (Å²) in [6.45, 7) is 4.04. The van der Waals surface area contributed by atoms with Crippen molar-refractivity contribution in [3.05, 3.63) is 83.3 Å². The Labute approximate surface area is 250 Å². The van der Waals surface area contributed by atoms with E-state index >= 15 is 0 Å². The minimum Gasteiger partial charge on any atom is -0.466 e. The van der Waals surface area contributed by atoms with Gasteiger partial charge in [-0.25, -0.2) is 9.97 Å². The average molecular weight is 622 g/mol. The predicted octanol–water partition coefficient (Wildman–Crippen LogP) is 6.71. The van der Waals surface area contributed by atoms with Crippen molar-refractivity contribution in [3.63, 3.8) is 0 Å². The number of carbonyl (C=O) groups is 1. The van der Waals surface area contributed by atoms with E-state index < -0.39 is 29.9 Å². The van der Waals surface area contributed by atoms with Gasteiger partial charge in [0.2, 0.25) is 0 Å². The molecule has 44 heavy (non-hydrogen) atoms.